The summed E-state index contributed by atoms with van der Waals surface area (Å²) in [6, 6.07) is 9.26. The van der Waals surface area contributed by atoms with Crippen molar-refractivity contribution in [1.29, 1.82) is 0 Å². The van der Waals surface area contributed by atoms with Gasteiger partial charge in [0.2, 0.25) is 0 Å². The molecule has 0 aliphatic rings. The van der Waals surface area contributed by atoms with Crippen LogP contribution in [0.4, 0.5) is 0 Å². The van der Waals surface area contributed by atoms with Crippen LogP contribution >= 0.6 is 0 Å². The van der Waals surface area contributed by atoms with Gasteiger partial charge >= 0.3 is 5.97 Å². The number of carbonyl (C=O) groups is 1. The van der Waals surface area contributed by atoms with Gasteiger partial charge in [0.25, 0.3) is 0 Å². The summed E-state index contributed by atoms with van der Waals surface area (Å²) in [5.41, 5.74) is 0.940. The van der Waals surface area contributed by atoms with Crippen LogP contribution < -0.4 is 5.32 Å². The van der Waals surface area contributed by atoms with Crippen molar-refractivity contribution < 1.29 is 9.53 Å². The maximum Gasteiger partial charge on any atom is 0.327 e. The molecule has 0 bridgehead atoms. The van der Waals surface area contributed by atoms with Crippen molar-refractivity contribution in [2.24, 2.45) is 0 Å². The zero-order valence-electron chi connectivity index (χ0n) is 10.6. The van der Waals surface area contributed by atoms with Crippen molar-refractivity contribution in [3.63, 3.8) is 0 Å². The van der Waals surface area contributed by atoms with E-state index in [2.05, 4.69) is 12.2 Å². The molecule has 0 spiro atoms. The van der Waals surface area contributed by atoms with Crippen LogP contribution in [0.25, 0.3) is 0 Å². The van der Waals surface area contributed by atoms with Crippen LogP contribution in [0.1, 0.15) is 37.8 Å². The van der Waals surface area contributed by atoms with Crippen LogP contribution in [0.15, 0.2) is 30.3 Å². The largest absolute Gasteiger partial charge is 0.464 e. The Hall–Kier alpha value is -1.35. The maximum atomic E-state index is 11.9. The van der Waals surface area contributed by atoms with Crippen LogP contribution in [0.2, 0.25) is 0 Å². The molecular formula is C14H21NO2. The van der Waals surface area contributed by atoms with E-state index in [0.29, 0.717) is 6.61 Å². The van der Waals surface area contributed by atoms with Crippen molar-refractivity contribution in [1.82, 2.24) is 5.32 Å². The van der Waals surface area contributed by atoms with Gasteiger partial charge in [-0.2, -0.15) is 0 Å². The number of unbranched alkanes of at least 4 members (excludes halogenated alkanes) is 2. The SMILES string of the molecule is CCCCCOC(=O)C(NC)c1ccccc1. The zero-order valence-corrected chi connectivity index (χ0v) is 10.6. The number of carbonyl (C=O) groups excluding carboxylic acids is 1. The molecule has 0 saturated carbocycles. The molecule has 0 aliphatic carbocycles. The van der Waals surface area contributed by atoms with Gasteiger partial charge in [0.1, 0.15) is 6.04 Å². The van der Waals surface area contributed by atoms with Crippen molar-refractivity contribution in [2.75, 3.05) is 13.7 Å². The van der Waals surface area contributed by atoms with E-state index in [9.17, 15) is 4.79 Å². The van der Waals surface area contributed by atoms with Gasteiger partial charge in [-0.25, -0.2) is 4.79 Å². The summed E-state index contributed by atoms with van der Waals surface area (Å²) in [5, 5.41) is 2.98. The number of likely N-dealkylation sites (N-methyl/N-ethyl adjacent to an activating group) is 1. The zero-order chi connectivity index (χ0) is 12.5. The number of ether oxygens (including phenoxy) is 1. The first-order chi connectivity index (χ1) is 8.29. The summed E-state index contributed by atoms with van der Waals surface area (Å²) < 4.78 is 5.25. The van der Waals surface area contributed by atoms with Crippen molar-refractivity contribution >= 4 is 5.97 Å². The molecule has 1 unspecified atom stereocenters. The highest BCUT2D eigenvalue weighted by Gasteiger charge is 2.19. The molecule has 1 atom stereocenters. The molecule has 0 aromatic heterocycles. The van der Waals surface area contributed by atoms with Crippen LogP contribution in [-0.2, 0) is 9.53 Å². The average Bonchev–Trinajstić information content (AvgIpc) is 2.37. The normalized spacial score (nSPS) is 12.1. The van der Waals surface area contributed by atoms with E-state index in [4.69, 9.17) is 4.74 Å². The molecule has 0 saturated heterocycles. The smallest absolute Gasteiger partial charge is 0.327 e. The van der Waals surface area contributed by atoms with E-state index in [-0.39, 0.29) is 12.0 Å². The predicted octanol–water partition coefficient (Wildman–Crippen LogP) is 2.68. The fourth-order valence-electron chi connectivity index (χ4n) is 1.67. The van der Waals surface area contributed by atoms with Crippen LogP contribution in [0.5, 0.6) is 0 Å². The monoisotopic (exact) mass is 235 g/mol. The van der Waals surface area contributed by atoms with Crippen LogP contribution in [0, 0.1) is 0 Å². The maximum absolute atomic E-state index is 11.9. The molecule has 17 heavy (non-hydrogen) atoms. The average molecular weight is 235 g/mol. The number of hydrogen-bond donors (Lipinski definition) is 1. The minimum atomic E-state index is -0.363. The van der Waals surface area contributed by atoms with Crippen LogP contribution in [0.3, 0.4) is 0 Å². The molecule has 0 fully saturated rings. The first kappa shape index (κ1) is 13.7. The van der Waals surface area contributed by atoms with Crippen LogP contribution in [-0.4, -0.2) is 19.6 Å². The standard InChI is InChI=1S/C14H21NO2/c1-3-4-8-11-17-14(16)13(15-2)12-9-6-5-7-10-12/h5-7,9-10,13,15H,3-4,8,11H2,1-2H3. The van der Waals surface area contributed by atoms with E-state index >= 15 is 0 Å². The Labute approximate surface area is 103 Å². The highest BCUT2D eigenvalue weighted by Crippen LogP contribution is 2.13. The van der Waals surface area contributed by atoms with Gasteiger partial charge in [-0.3, -0.25) is 0 Å². The van der Waals surface area contributed by atoms with Gasteiger partial charge in [0, 0.05) is 0 Å². The molecule has 0 radical (unpaired) electrons. The Morgan fingerprint density at radius 1 is 1.29 bits per heavy atom. The molecule has 0 amide bonds. The minimum absolute atomic E-state index is 0.199. The number of esters is 1. The van der Waals surface area contributed by atoms with Gasteiger partial charge in [-0.1, -0.05) is 50.1 Å². The Kier molecular flexibility index (Phi) is 6.33. The summed E-state index contributed by atoms with van der Waals surface area (Å²) in [5.74, 6) is -0.199. The van der Waals surface area contributed by atoms with Gasteiger partial charge in [-0.05, 0) is 19.0 Å². The molecule has 0 aliphatic heterocycles. The third-order valence-electron chi connectivity index (χ3n) is 2.65. The highest BCUT2D eigenvalue weighted by atomic mass is 16.5. The van der Waals surface area contributed by atoms with Crippen molar-refractivity contribution in [3.8, 4) is 0 Å². The van der Waals surface area contributed by atoms with E-state index in [1.54, 1.807) is 7.05 Å². The first-order valence-electron chi connectivity index (χ1n) is 6.18. The van der Waals surface area contributed by atoms with Gasteiger partial charge < -0.3 is 10.1 Å². The second-order valence-electron chi connectivity index (χ2n) is 4.01. The summed E-state index contributed by atoms with van der Waals surface area (Å²) >= 11 is 0. The molecule has 1 rings (SSSR count). The second kappa shape index (κ2) is 7.85. The van der Waals surface area contributed by atoms with E-state index in [0.717, 1.165) is 24.8 Å². The lowest BCUT2D eigenvalue weighted by atomic mass is 10.1. The van der Waals surface area contributed by atoms with Gasteiger partial charge in [0.15, 0.2) is 0 Å². The van der Waals surface area contributed by atoms with Gasteiger partial charge in [-0.15, -0.1) is 0 Å². The molecule has 1 N–H and O–H groups in total. The molecule has 1 aromatic rings. The Morgan fingerprint density at radius 3 is 2.59 bits per heavy atom. The third-order valence-corrected chi connectivity index (χ3v) is 2.65. The summed E-state index contributed by atoms with van der Waals surface area (Å²) in [6.07, 6.45) is 3.17. The molecule has 94 valence electrons. The number of benzene rings is 1. The minimum Gasteiger partial charge on any atom is -0.464 e. The lowest BCUT2D eigenvalue weighted by molar-refractivity contribution is -0.146. The Balaban J connectivity index is 2.48. The lowest BCUT2D eigenvalue weighted by Crippen LogP contribution is -2.27. The molecule has 0 heterocycles. The Morgan fingerprint density at radius 2 is 2.00 bits per heavy atom. The highest BCUT2D eigenvalue weighted by molar-refractivity contribution is 5.77. The topological polar surface area (TPSA) is 38.3 Å². The summed E-state index contributed by atoms with van der Waals surface area (Å²) in [6.45, 7) is 2.64. The molecule has 1 aromatic carbocycles. The summed E-state index contributed by atoms with van der Waals surface area (Å²) in [7, 11) is 1.77. The second-order valence-corrected chi connectivity index (χ2v) is 4.01. The van der Waals surface area contributed by atoms with E-state index in [1.165, 1.54) is 0 Å². The quantitative estimate of drug-likeness (QED) is 0.583. The lowest BCUT2D eigenvalue weighted by Gasteiger charge is -2.15. The first-order valence-corrected chi connectivity index (χ1v) is 6.18. The molecule has 3 heteroatoms. The van der Waals surface area contributed by atoms with E-state index in [1.807, 2.05) is 30.3 Å². The van der Waals surface area contributed by atoms with E-state index < -0.39 is 0 Å². The fraction of sp³-hybridized carbons (Fsp3) is 0.500. The number of rotatable bonds is 7. The predicted molar refractivity (Wildman–Crippen MR) is 68.7 cm³/mol. The fourth-order valence-corrected chi connectivity index (χ4v) is 1.67. The Bertz CT molecular complexity index is 324. The third kappa shape index (κ3) is 4.57. The van der Waals surface area contributed by atoms with Crippen molar-refractivity contribution in [3.05, 3.63) is 35.9 Å². The van der Waals surface area contributed by atoms with Crippen molar-refractivity contribution in [2.45, 2.75) is 32.2 Å². The number of nitrogens with one attached hydrogen (secondary N) is 1. The number of hydrogen-bond acceptors (Lipinski definition) is 3. The van der Waals surface area contributed by atoms with Gasteiger partial charge in [0.05, 0.1) is 6.61 Å². The molecule has 3 nitrogen and oxygen atoms in total. The molecular weight excluding hydrogens is 214 g/mol. The summed E-state index contributed by atoms with van der Waals surface area (Å²) in [4.78, 5) is 11.9.